The maximum atomic E-state index is 12.7. The SMILES string of the molecule is COc1ccccc1NS(=O)(=O)c1cccc(C(=O)Nc2cccnc2)c1. The van der Waals surface area contributed by atoms with Gasteiger partial charge in [0.2, 0.25) is 0 Å². The zero-order chi connectivity index (χ0) is 19.3. The molecule has 0 aliphatic heterocycles. The molecule has 0 aliphatic rings. The van der Waals surface area contributed by atoms with Crippen molar-refractivity contribution in [1.82, 2.24) is 4.98 Å². The first-order valence-corrected chi connectivity index (χ1v) is 9.45. The van der Waals surface area contributed by atoms with E-state index in [0.717, 1.165) is 0 Å². The van der Waals surface area contributed by atoms with Gasteiger partial charge in [0.1, 0.15) is 5.75 Å². The van der Waals surface area contributed by atoms with Crippen molar-refractivity contribution < 1.29 is 17.9 Å². The van der Waals surface area contributed by atoms with Crippen LogP contribution in [0.15, 0.2) is 78.0 Å². The Balaban J connectivity index is 1.84. The zero-order valence-electron chi connectivity index (χ0n) is 14.4. The number of rotatable bonds is 6. The third-order valence-corrected chi connectivity index (χ3v) is 5.04. The Hall–Kier alpha value is -3.39. The van der Waals surface area contributed by atoms with Crippen molar-refractivity contribution in [2.45, 2.75) is 4.90 Å². The fourth-order valence-corrected chi connectivity index (χ4v) is 3.49. The summed E-state index contributed by atoms with van der Waals surface area (Å²) in [6.07, 6.45) is 3.09. The highest BCUT2D eigenvalue weighted by atomic mass is 32.2. The van der Waals surface area contributed by atoms with Gasteiger partial charge in [-0.2, -0.15) is 0 Å². The van der Waals surface area contributed by atoms with Gasteiger partial charge in [0, 0.05) is 11.8 Å². The number of amides is 1. The van der Waals surface area contributed by atoms with Gasteiger partial charge in [-0.1, -0.05) is 18.2 Å². The molecule has 2 aromatic carbocycles. The first-order chi connectivity index (χ1) is 13.0. The number of hydrogen-bond acceptors (Lipinski definition) is 5. The van der Waals surface area contributed by atoms with Crippen LogP contribution in [-0.2, 0) is 10.0 Å². The maximum absolute atomic E-state index is 12.7. The smallest absolute Gasteiger partial charge is 0.262 e. The van der Waals surface area contributed by atoms with E-state index >= 15 is 0 Å². The number of nitrogens with one attached hydrogen (secondary N) is 2. The van der Waals surface area contributed by atoms with Crippen LogP contribution in [0.2, 0.25) is 0 Å². The average Bonchev–Trinajstić information content (AvgIpc) is 2.69. The van der Waals surface area contributed by atoms with Crippen LogP contribution in [0.4, 0.5) is 11.4 Å². The second-order valence-electron chi connectivity index (χ2n) is 5.53. The summed E-state index contributed by atoms with van der Waals surface area (Å²) in [5.74, 6) is -0.0381. The van der Waals surface area contributed by atoms with Gasteiger partial charge in [-0.3, -0.25) is 14.5 Å². The topological polar surface area (TPSA) is 97.4 Å². The Kier molecular flexibility index (Phi) is 5.37. The second-order valence-corrected chi connectivity index (χ2v) is 7.21. The molecule has 3 rings (SSSR count). The maximum Gasteiger partial charge on any atom is 0.262 e. The Bertz CT molecular complexity index is 1050. The van der Waals surface area contributed by atoms with E-state index in [2.05, 4.69) is 15.0 Å². The van der Waals surface area contributed by atoms with Gasteiger partial charge in [0.15, 0.2) is 0 Å². The number of benzene rings is 2. The van der Waals surface area contributed by atoms with Gasteiger partial charge in [0.25, 0.3) is 15.9 Å². The number of ether oxygens (including phenoxy) is 1. The van der Waals surface area contributed by atoms with Crippen LogP contribution >= 0.6 is 0 Å². The molecule has 0 saturated heterocycles. The van der Waals surface area contributed by atoms with Crippen molar-refractivity contribution in [2.24, 2.45) is 0 Å². The van der Waals surface area contributed by atoms with Gasteiger partial charge in [-0.05, 0) is 42.5 Å². The van der Waals surface area contributed by atoms with Crippen molar-refractivity contribution in [3.63, 3.8) is 0 Å². The van der Waals surface area contributed by atoms with E-state index in [1.54, 1.807) is 42.6 Å². The molecular formula is C19H17N3O4S. The van der Waals surface area contributed by atoms with Crippen LogP contribution in [0.1, 0.15) is 10.4 Å². The highest BCUT2D eigenvalue weighted by Gasteiger charge is 2.18. The van der Waals surface area contributed by atoms with Crippen molar-refractivity contribution in [1.29, 1.82) is 0 Å². The number of carbonyl (C=O) groups is 1. The quantitative estimate of drug-likeness (QED) is 0.681. The van der Waals surface area contributed by atoms with Gasteiger partial charge >= 0.3 is 0 Å². The van der Waals surface area contributed by atoms with Crippen LogP contribution in [0, 0.1) is 0 Å². The van der Waals surface area contributed by atoms with E-state index in [4.69, 9.17) is 4.74 Å². The van der Waals surface area contributed by atoms with Gasteiger partial charge < -0.3 is 10.1 Å². The highest BCUT2D eigenvalue weighted by molar-refractivity contribution is 7.92. The fraction of sp³-hybridized carbons (Fsp3) is 0.0526. The first-order valence-electron chi connectivity index (χ1n) is 7.97. The molecule has 27 heavy (non-hydrogen) atoms. The lowest BCUT2D eigenvalue weighted by Crippen LogP contribution is -2.16. The molecule has 7 nitrogen and oxygen atoms in total. The molecule has 138 valence electrons. The van der Waals surface area contributed by atoms with Crippen molar-refractivity contribution in [3.8, 4) is 5.75 Å². The molecule has 0 bridgehead atoms. The Morgan fingerprint density at radius 3 is 2.59 bits per heavy atom. The Morgan fingerprint density at radius 1 is 1.04 bits per heavy atom. The summed E-state index contributed by atoms with van der Waals surface area (Å²) in [4.78, 5) is 16.3. The molecule has 0 unspecified atom stereocenters. The third kappa shape index (κ3) is 4.42. The minimum absolute atomic E-state index is 0.0350. The molecule has 1 aromatic heterocycles. The van der Waals surface area contributed by atoms with E-state index in [-0.39, 0.29) is 10.5 Å². The zero-order valence-corrected chi connectivity index (χ0v) is 15.2. The normalized spacial score (nSPS) is 10.9. The average molecular weight is 383 g/mol. The summed E-state index contributed by atoms with van der Waals surface area (Å²) in [6, 6.07) is 15.8. The molecule has 8 heteroatoms. The lowest BCUT2D eigenvalue weighted by atomic mass is 10.2. The molecule has 0 spiro atoms. The molecule has 0 saturated carbocycles. The number of carbonyl (C=O) groups excluding carboxylic acids is 1. The molecule has 2 N–H and O–H groups in total. The number of pyridine rings is 1. The molecule has 0 radical (unpaired) electrons. The van der Waals surface area contributed by atoms with Crippen LogP contribution < -0.4 is 14.8 Å². The fourth-order valence-electron chi connectivity index (χ4n) is 2.38. The lowest BCUT2D eigenvalue weighted by molar-refractivity contribution is 0.102. The minimum Gasteiger partial charge on any atom is -0.495 e. The number of para-hydroxylation sites is 2. The molecular weight excluding hydrogens is 366 g/mol. The van der Waals surface area contributed by atoms with E-state index in [0.29, 0.717) is 17.1 Å². The minimum atomic E-state index is -3.90. The van der Waals surface area contributed by atoms with E-state index < -0.39 is 15.9 Å². The molecule has 3 aromatic rings. The first kappa shape index (κ1) is 18.4. The largest absolute Gasteiger partial charge is 0.495 e. The number of anilines is 2. The summed E-state index contributed by atoms with van der Waals surface area (Å²) in [5, 5.41) is 2.67. The standard InChI is InChI=1S/C19H17N3O4S/c1-26-18-10-3-2-9-17(18)22-27(24,25)16-8-4-6-14(12-16)19(23)21-15-7-5-11-20-13-15/h2-13,22H,1H3,(H,21,23). The number of hydrogen-bond donors (Lipinski definition) is 2. The predicted molar refractivity (Wildman–Crippen MR) is 102 cm³/mol. The third-order valence-electron chi connectivity index (χ3n) is 3.68. The molecule has 0 aliphatic carbocycles. The van der Waals surface area contributed by atoms with Gasteiger partial charge in [0.05, 0.1) is 29.6 Å². The van der Waals surface area contributed by atoms with Crippen molar-refractivity contribution in [2.75, 3.05) is 17.1 Å². The van der Waals surface area contributed by atoms with E-state index in [9.17, 15) is 13.2 Å². The number of nitrogens with zero attached hydrogens (tertiary/aromatic N) is 1. The van der Waals surface area contributed by atoms with Gasteiger partial charge in [-0.25, -0.2) is 8.42 Å². The molecule has 1 amide bonds. The van der Waals surface area contributed by atoms with Crippen molar-refractivity contribution >= 4 is 27.3 Å². The monoisotopic (exact) mass is 383 g/mol. The number of methoxy groups -OCH3 is 1. The molecule has 0 fully saturated rings. The van der Waals surface area contributed by atoms with Crippen molar-refractivity contribution in [3.05, 3.63) is 78.6 Å². The highest BCUT2D eigenvalue weighted by Crippen LogP contribution is 2.26. The number of sulfonamides is 1. The second kappa shape index (κ2) is 7.88. The summed E-state index contributed by atoms with van der Waals surface area (Å²) in [7, 11) is -2.44. The van der Waals surface area contributed by atoms with E-state index in [1.807, 2.05) is 0 Å². The van der Waals surface area contributed by atoms with Crippen LogP contribution in [-0.4, -0.2) is 26.4 Å². The summed E-state index contributed by atoms with van der Waals surface area (Å²) < 4.78 is 33.0. The Morgan fingerprint density at radius 2 is 1.85 bits per heavy atom. The predicted octanol–water partition coefficient (Wildman–Crippen LogP) is 3.14. The summed E-state index contributed by atoms with van der Waals surface area (Å²) in [5.41, 5.74) is 1.04. The van der Waals surface area contributed by atoms with Crippen LogP contribution in [0.25, 0.3) is 0 Å². The van der Waals surface area contributed by atoms with Gasteiger partial charge in [-0.15, -0.1) is 0 Å². The molecule has 0 atom stereocenters. The van der Waals surface area contributed by atoms with Crippen LogP contribution in [0.5, 0.6) is 5.75 Å². The molecule has 1 heterocycles. The summed E-state index contributed by atoms with van der Waals surface area (Å²) in [6.45, 7) is 0. The summed E-state index contributed by atoms with van der Waals surface area (Å²) >= 11 is 0. The Labute approximate surface area is 157 Å². The lowest BCUT2D eigenvalue weighted by Gasteiger charge is -2.12. The van der Waals surface area contributed by atoms with E-state index in [1.165, 1.54) is 37.6 Å². The number of aromatic nitrogens is 1. The van der Waals surface area contributed by atoms with Crippen LogP contribution in [0.3, 0.4) is 0 Å².